The zero-order valence-corrected chi connectivity index (χ0v) is 14.7. The number of nitrogens with one attached hydrogen (secondary N) is 1. The molecule has 126 valence electrons. The lowest BCUT2D eigenvalue weighted by Gasteiger charge is -2.38. The molecule has 3 aliphatic rings. The quantitative estimate of drug-likeness (QED) is 0.821. The molecule has 4 rings (SSSR count). The van der Waals surface area contributed by atoms with Gasteiger partial charge in [-0.1, -0.05) is 22.0 Å². The largest absolute Gasteiger partial charge is 0.347 e. The summed E-state index contributed by atoms with van der Waals surface area (Å²) in [5, 5.41) is 2.96. The Kier molecular flexibility index (Phi) is 3.83. The zero-order chi connectivity index (χ0) is 16.8. The van der Waals surface area contributed by atoms with E-state index in [1.165, 1.54) is 0 Å². The molecule has 1 aromatic carbocycles. The minimum absolute atomic E-state index is 0.0382. The average molecular weight is 392 g/mol. The average Bonchev–Trinajstić information content (AvgIpc) is 3.20. The number of carbonyl (C=O) groups excluding carboxylic acids is 3. The number of carbonyl (C=O) groups is 3. The van der Waals surface area contributed by atoms with Crippen LogP contribution in [0.4, 0.5) is 0 Å². The van der Waals surface area contributed by atoms with Gasteiger partial charge in [-0.15, -0.1) is 0 Å². The Labute approximate surface area is 148 Å². The Morgan fingerprint density at radius 1 is 1.17 bits per heavy atom. The molecule has 1 N–H and O–H groups in total. The molecule has 0 spiro atoms. The van der Waals surface area contributed by atoms with Gasteiger partial charge >= 0.3 is 0 Å². The normalized spacial score (nSPS) is 28.8. The summed E-state index contributed by atoms with van der Waals surface area (Å²) in [6.07, 6.45) is 2.14. The van der Waals surface area contributed by atoms with Gasteiger partial charge in [-0.05, 0) is 37.5 Å². The molecule has 3 amide bonds. The standard InChI is InChI=1S/C17H18BrN3O3/c18-11-4-1-3-10(7-11)15(22)19-12-8-14-17(24)20-6-2-5-13(20)16(23)21(14)9-12/h1,3-4,7,12-14H,2,5-6,8-9H2,(H,19,22)/t12-,13+,14-/m0/s1. The van der Waals surface area contributed by atoms with E-state index in [2.05, 4.69) is 21.2 Å². The van der Waals surface area contributed by atoms with E-state index in [0.717, 1.165) is 17.3 Å². The SMILES string of the molecule is O=C(N[C@H]1C[C@H]2C(=O)N3CCC[C@@H]3C(=O)N2C1)c1cccc(Br)c1. The van der Waals surface area contributed by atoms with Crippen LogP contribution < -0.4 is 5.32 Å². The minimum Gasteiger partial charge on any atom is -0.347 e. The molecule has 24 heavy (non-hydrogen) atoms. The molecule has 0 aliphatic carbocycles. The molecule has 0 radical (unpaired) electrons. The Balaban J connectivity index is 1.47. The van der Waals surface area contributed by atoms with E-state index in [4.69, 9.17) is 0 Å². The molecule has 0 bridgehead atoms. The topological polar surface area (TPSA) is 69.7 Å². The fraction of sp³-hybridized carbons (Fsp3) is 0.471. The molecule has 3 saturated heterocycles. The minimum atomic E-state index is -0.417. The summed E-state index contributed by atoms with van der Waals surface area (Å²) in [7, 11) is 0. The molecule has 3 fully saturated rings. The van der Waals surface area contributed by atoms with Crippen LogP contribution in [0.1, 0.15) is 29.6 Å². The van der Waals surface area contributed by atoms with E-state index in [0.29, 0.717) is 25.1 Å². The predicted molar refractivity (Wildman–Crippen MR) is 90.2 cm³/mol. The summed E-state index contributed by atoms with van der Waals surface area (Å²) >= 11 is 3.35. The second kappa shape index (κ2) is 5.88. The van der Waals surface area contributed by atoms with E-state index < -0.39 is 6.04 Å². The summed E-state index contributed by atoms with van der Waals surface area (Å²) in [5.74, 6) is -0.103. The van der Waals surface area contributed by atoms with Crippen molar-refractivity contribution in [2.75, 3.05) is 13.1 Å². The van der Waals surface area contributed by atoms with Crippen LogP contribution in [0, 0.1) is 0 Å². The molecular weight excluding hydrogens is 374 g/mol. The Morgan fingerprint density at radius 3 is 2.75 bits per heavy atom. The van der Waals surface area contributed by atoms with Gasteiger partial charge in [0.05, 0.1) is 0 Å². The van der Waals surface area contributed by atoms with Crippen molar-refractivity contribution >= 4 is 33.7 Å². The number of piperazine rings is 1. The summed E-state index contributed by atoms with van der Waals surface area (Å²) in [6.45, 7) is 1.09. The first-order valence-corrected chi connectivity index (χ1v) is 9.01. The van der Waals surface area contributed by atoms with Crippen molar-refractivity contribution in [3.63, 3.8) is 0 Å². The highest BCUT2D eigenvalue weighted by Crippen LogP contribution is 2.32. The lowest BCUT2D eigenvalue weighted by molar-refractivity contribution is -0.156. The number of nitrogens with zero attached hydrogens (tertiary/aromatic N) is 2. The molecule has 0 saturated carbocycles. The molecular formula is C17H18BrN3O3. The van der Waals surface area contributed by atoms with Crippen LogP contribution >= 0.6 is 15.9 Å². The first kappa shape index (κ1) is 15.6. The molecule has 3 heterocycles. The molecule has 3 atom stereocenters. The van der Waals surface area contributed by atoms with Gasteiger partial charge in [0.1, 0.15) is 12.1 Å². The van der Waals surface area contributed by atoms with Gasteiger partial charge in [0, 0.05) is 29.2 Å². The van der Waals surface area contributed by atoms with Crippen LogP contribution in [0.25, 0.3) is 0 Å². The van der Waals surface area contributed by atoms with E-state index in [9.17, 15) is 14.4 Å². The van der Waals surface area contributed by atoms with Gasteiger partial charge in [0.2, 0.25) is 11.8 Å². The number of benzene rings is 1. The fourth-order valence-electron chi connectivity index (χ4n) is 3.99. The van der Waals surface area contributed by atoms with Crippen molar-refractivity contribution in [2.45, 2.75) is 37.4 Å². The first-order valence-electron chi connectivity index (χ1n) is 8.22. The molecule has 3 aliphatic heterocycles. The molecule has 0 aromatic heterocycles. The number of halogens is 1. The maximum Gasteiger partial charge on any atom is 0.251 e. The lowest BCUT2D eigenvalue weighted by Crippen LogP contribution is -2.60. The zero-order valence-electron chi connectivity index (χ0n) is 13.1. The number of hydrogen-bond acceptors (Lipinski definition) is 3. The Morgan fingerprint density at radius 2 is 1.96 bits per heavy atom. The van der Waals surface area contributed by atoms with Gasteiger partial charge in [-0.3, -0.25) is 14.4 Å². The Bertz CT molecular complexity index is 693. The highest BCUT2D eigenvalue weighted by Gasteiger charge is 2.51. The molecule has 1 aromatic rings. The third-order valence-corrected chi connectivity index (χ3v) is 5.61. The van der Waals surface area contributed by atoms with Crippen molar-refractivity contribution in [3.05, 3.63) is 34.3 Å². The van der Waals surface area contributed by atoms with E-state index in [1.54, 1.807) is 28.0 Å². The van der Waals surface area contributed by atoms with Crippen LogP contribution in [0.2, 0.25) is 0 Å². The number of rotatable bonds is 2. The highest BCUT2D eigenvalue weighted by atomic mass is 79.9. The summed E-state index contributed by atoms with van der Waals surface area (Å²) in [4.78, 5) is 41.0. The Hall–Kier alpha value is -1.89. The summed E-state index contributed by atoms with van der Waals surface area (Å²) in [6, 6.07) is 6.27. The van der Waals surface area contributed by atoms with Gasteiger partial charge in [-0.2, -0.15) is 0 Å². The van der Waals surface area contributed by atoms with Crippen LogP contribution in [-0.2, 0) is 9.59 Å². The molecule has 6 nitrogen and oxygen atoms in total. The van der Waals surface area contributed by atoms with Crippen molar-refractivity contribution in [2.24, 2.45) is 0 Å². The monoisotopic (exact) mass is 391 g/mol. The van der Waals surface area contributed by atoms with Gasteiger partial charge < -0.3 is 15.1 Å². The van der Waals surface area contributed by atoms with Crippen LogP contribution in [0.15, 0.2) is 28.7 Å². The summed E-state index contributed by atoms with van der Waals surface area (Å²) < 4.78 is 0.838. The third-order valence-electron chi connectivity index (χ3n) is 5.11. The van der Waals surface area contributed by atoms with E-state index >= 15 is 0 Å². The number of amides is 3. The smallest absolute Gasteiger partial charge is 0.251 e. The van der Waals surface area contributed by atoms with Crippen LogP contribution in [-0.4, -0.2) is 58.7 Å². The second-order valence-electron chi connectivity index (χ2n) is 6.61. The third kappa shape index (κ3) is 2.51. The maximum absolute atomic E-state index is 12.6. The van der Waals surface area contributed by atoms with Crippen molar-refractivity contribution < 1.29 is 14.4 Å². The lowest BCUT2D eigenvalue weighted by atomic mass is 10.1. The maximum atomic E-state index is 12.6. The number of fused-ring (bicyclic) bond motifs is 2. The van der Waals surface area contributed by atoms with Crippen LogP contribution in [0.3, 0.4) is 0 Å². The van der Waals surface area contributed by atoms with E-state index in [-0.39, 0.29) is 29.8 Å². The first-order chi connectivity index (χ1) is 11.5. The molecule has 7 heteroatoms. The second-order valence-corrected chi connectivity index (χ2v) is 7.53. The highest BCUT2D eigenvalue weighted by molar-refractivity contribution is 9.10. The van der Waals surface area contributed by atoms with E-state index in [1.807, 2.05) is 6.07 Å². The van der Waals surface area contributed by atoms with Gasteiger partial charge in [0.15, 0.2) is 0 Å². The molecule has 0 unspecified atom stereocenters. The fourth-order valence-corrected chi connectivity index (χ4v) is 4.39. The summed E-state index contributed by atoms with van der Waals surface area (Å²) in [5.41, 5.74) is 0.563. The van der Waals surface area contributed by atoms with Crippen LogP contribution in [0.5, 0.6) is 0 Å². The van der Waals surface area contributed by atoms with Crippen molar-refractivity contribution in [1.82, 2.24) is 15.1 Å². The van der Waals surface area contributed by atoms with Gasteiger partial charge in [0.25, 0.3) is 5.91 Å². The van der Waals surface area contributed by atoms with Crippen molar-refractivity contribution in [3.8, 4) is 0 Å². The van der Waals surface area contributed by atoms with Crippen molar-refractivity contribution in [1.29, 1.82) is 0 Å². The van der Waals surface area contributed by atoms with Gasteiger partial charge in [-0.25, -0.2) is 0 Å². The predicted octanol–water partition coefficient (Wildman–Crippen LogP) is 1.15. The number of hydrogen-bond donors (Lipinski definition) is 1.